The highest BCUT2D eigenvalue weighted by Crippen LogP contribution is 2.43. The van der Waals surface area contributed by atoms with Crippen LogP contribution in [-0.2, 0) is 17.8 Å². The van der Waals surface area contributed by atoms with Crippen molar-refractivity contribution >= 4 is 23.5 Å². The fraction of sp³-hybridized carbons (Fsp3) is 0.500. The summed E-state index contributed by atoms with van der Waals surface area (Å²) in [6.45, 7) is 9.09. The molecule has 9 nitrogen and oxygen atoms in total. The average molecular weight is 479 g/mol. The Kier molecular flexibility index (Phi) is 4.62. The third-order valence-corrected chi connectivity index (χ3v) is 7.82. The van der Waals surface area contributed by atoms with E-state index in [0.29, 0.717) is 6.04 Å². The molecule has 34 heavy (non-hydrogen) atoms. The van der Waals surface area contributed by atoms with E-state index >= 15 is 0 Å². The van der Waals surface area contributed by atoms with Crippen LogP contribution in [0.15, 0.2) is 30.5 Å². The maximum atomic E-state index is 6.41. The van der Waals surface area contributed by atoms with Crippen molar-refractivity contribution < 1.29 is 4.74 Å². The summed E-state index contributed by atoms with van der Waals surface area (Å²) >= 11 is 6.41. The van der Waals surface area contributed by atoms with Crippen LogP contribution in [0.3, 0.4) is 0 Å². The third-order valence-electron chi connectivity index (χ3n) is 7.59. The average Bonchev–Trinajstić information content (AvgIpc) is 3.40. The molecule has 4 aliphatic rings. The van der Waals surface area contributed by atoms with Crippen LogP contribution in [-0.4, -0.2) is 75.1 Å². The lowest BCUT2D eigenvalue weighted by Crippen LogP contribution is -2.73. The molecule has 6 heterocycles. The van der Waals surface area contributed by atoms with Crippen molar-refractivity contribution in [1.82, 2.24) is 29.6 Å². The van der Waals surface area contributed by atoms with Crippen LogP contribution in [0.1, 0.15) is 23.5 Å². The minimum atomic E-state index is 0.278. The first-order chi connectivity index (χ1) is 16.6. The summed E-state index contributed by atoms with van der Waals surface area (Å²) in [5, 5.41) is 10.1. The minimum absolute atomic E-state index is 0.278. The van der Waals surface area contributed by atoms with Crippen molar-refractivity contribution in [3.8, 4) is 5.69 Å². The molecule has 0 radical (unpaired) electrons. The van der Waals surface area contributed by atoms with E-state index in [9.17, 15) is 0 Å². The van der Waals surface area contributed by atoms with Crippen LogP contribution < -0.4 is 9.80 Å². The van der Waals surface area contributed by atoms with Gasteiger partial charge in [-0.3, -0.25) is 9.47 Å². The van der Waals surface area contributed by atoms with Gasteiger partial charge >= 0.3 is 0 Å². The van der Waals surface area contributed by atoms with Crippen LogP contribution in [0.2, 0.25) is 5.02 Å². The molecule has 176 valence electrons. The number of ether oxygens (including phenoxy) is 1. The number of hydrogen-bond donors (Lipinski definition) is 0. The number of nitrogens with zero attached hydrogens (tertiary/aromatic N) is 8. The maximum absolute atomic E-state index is 6.41. The zero-order valence-corrected chi connectivity index (χ0v) is 19.9. The molecule has 1 spiro atoms. The van der Waals surface area contributed by atoms with Gasteiger partial charge in [-0.25, -0.2) is 9.97 Å². The molecule has 2 aromatic heterocycles. The van der Waals surface area contributed by atoms with E-state index in [-0.39, 0.29) is 5.41 Å². The number of anilines is 2. The number of aromatic nitrogens is 5. The topological polar surface area (TPSA) is 75.4 Å². The Morgan fingerprint density at radius 1 is 1.06 bits per heavy atom. The lowest BCUT2D eigenvalue weighted by Gasteiger charge is -2.60. The van der Waals surface area contributed by atoms with Gasteiger partial charge < -0.3 is 14.5 Å². The van der Waals surface area contributed by atoms with Gasteiger partial charge in [0.05, 0.1) is 18.8 Å². The number of hydrogen-bond acceptors (Lipinski definition) is 8. The number of aryl methyl sites for hydroxylation is 1. The third kappa shape index (κ3) is 3.29. The Balaban J connectivity index is 1.14. The minimum Gasteiger partial charge on any atom is -0.380 e. The Bertz CT molecular complexity index is 1240. The fourth-order valence-corrected chi connectivity index (χ4v) is 6.08. The van der Waals surface area contributed by atoms with Gasteiger partial charge in [-0.1, -0.05) is 11.6 Å². The lowest BCUT2D eigenvalue weighted by atomic mass is 9.73. The highest BCUT2D eigenvalue weighted by atomic mass is 35.5. The molecule has 4 aliphatic heterocycles. The van der Waals surface area contributed by atoms with E-state index in [1.165, 1.54) is 5.56 Å². The predicted octanol–water partition coefficient (Wildman–Crippen LogP) is 2.45. The zero-order chi connectivity index (χ0) is 22.9. The van der Waals surface area contributed by atoms with E-state index < -0.39 is 0 Å². The van der Waals surface area contributed by atoms with Crippen LogP contribution in [0.25, 0.3) is 5.69 Å². The van der Waals surface area contributed by atoms with Crippen molar-refractivity contribution in [3.63, 3.8) is 0 Å². The van der Waals surface area contributed by atoms with E-state index in [2.05, 4.69) is 51.6 Å². The molecule has 1 atom stereocenters. The molecule has 0 amide bonds. The summed E-state index contributed by atoms with van der Waals surface area (Å²) in [7, 11) is 0. The molecular formula is C24H27ClN8O. The Hall–Kier alpha value is -2.75. The lowest BCUT2D eigenvalue weighted by molar-refractivity contribution is 0.133. The molecule has 0 unspecified atom stereocenters. The van der Waals surface area contributed by atoms with Gasteiger partial charge in [0.2, 0.25) is 11.9 Å². The summed E-state index contributed by atoms with van der Waals surface area (Å²) in [6.07, 6.45) is 2.89. The molecular weight excluding hydrogens is 452 g/mol. The van der Waals surface area contributed by atoms with Gasteiger partial charge in [0.15, 0.2) is 5.82 Å². The van der Waals surface area contributed by atoms with Crippen LogP contribution in [0, 0.1) is 12.3 Å². The van der Waals surface area contributed by atoms with Gasteiger partial charge in [0.1, 0.15) is 0 Å². The van der Waals surface area contributed by atoms with Crippen LogP contribution >= 0.6 is 11.6 Å². The van der Waals surface area contributed by atoms with Gasteiger partial charge in [0, 0.05) is 67.7 Å². The molecule has 1 aromatic carbocycles. The second-order valence-electron chi connectivity index (χ2n) is 10.2. The zero-order valence-electron chi connectivity index (χ0n) is 19.2. The van der Waals surface area contributed by atoms with Crippen molar-refractivity contribution in [1.29, 1.82) is 0 Å². The predicted molar refractivity (Wildman–Crippen MR) is 128 cm³/mol. The highest BCUT2D eigenvalue weighted by molar-refractivity contribution is 6.30. The molecule has 3 saturated heterocycles. The molecule has 10 heteroatoms. The first kappa shape index (κ1) is 20.6. The number of fused-ring (bicyclic) bond motifs is 3. The Morgan fingerprint density at radius 3 is 2.71 bits per heavy atom. The normalized spacial score (nSPS) is 23.3. The summed E-state index contributed by atoms with van der Waals surface area (Å²) in [5.74, 6) is 2.74. The number of halogens is 1. The number of rotatable bonds is 3. The van der Waals surface area contributed by atoms with Crippen molar-refractivity contribution in [2.45, 2.75) is 32.5 Å². The summed E-state index contributed by atoms with van der Waals surface area (Å²) < 4.78 is 7.92. The highest BCUT2D eigenvalue weighted by Gasteiger charge is 2.54. The maximum Gasteiger partial charge on any atom is 0.231 e. The first-order valence-electron chi connectivity index (χ1n) is 11.9. The van der Waals surface area contributed by atoms with Crippen LogP contribution in [0.4, 0.5) is 11.9 Å². The SMILES string of the molecule is Cc1ccnc(N2CC3(C2)CN(c2nnc4n2-c2ccc(Cl)cc2CN([C@@H]2CCOC2)C4)C3)n1. The van der Waals surface area contributed by atoms with Gasteiger partial charge in [-0.2, -0.15) is 0 Å². The molecule has 7 rings (SSSR count). The molecule has 3 aromatic rings. The quantitative estimate of drug-likeness (QED) is 0.568. The van der Waals surface area contributed by atoms with Gasteiger partial charge in [-0.15, -0.1) is 10.2 Å². The molecule has 0 saturated carbocycles. The fourth-order valence-electron chi connectivity index (χ4n) is 5.88. The number of benzene rings is 1. The second kappa shape index (κ2) is 7.63. The van der Waals surface area contributed by atoms with Crippen molar-refractivity contribution in [3.05, 3.63) is 52.6 Å². The summed E-state index contributed by atoms with van der Waals surface area (Å²) in [6, 6.07) is 8.49. The summed E-state index contributed by atoms with van der Waals surface area (Å²) in [5.41, 5.74) is 3.62. The molecule has 0 aliphatic carbocycles. The smallest absolute Gasteiger partial charge is 0.231 e. The van der Waals surface area contributed by atoms with Crippen LogP contribution in [0.5, 0.6) is 0 Å². The molecule has 3 fully saturated rings. The van der Waals surface area contributed by atoms with E-state index in [4.69, 9.17) is 16.3 Å². The molecule has 0 bridgehead atoms. The monoisotopic (exact) mass is 478 g/mol. The Morgan fingerprint density at radius 2 is 1.91 bits per heavy atom. The van der Waals surface area contributed by atoms with E-state index in [1.54, 1.807) is 0 Å². The van der Waals surface area contributed by atoms with Crippen molar-refractivity contribution in [2.24, 2.45) is 5.41 Å². The largest absolute Gasteiger partial charge is 0.380 e. The summed E-state index contributed by atoms with van der Waals surface area (Å²) in [4.78, 5) is 16.1. The van der Waals surface area contributed by atoms with Gasteiger partial charge in [-0.05, 0) is 43.2 Å². The van der Waals surface area contributed by atoms with E-state index in [0.717, 1.165) is 93.0 Å². The second-order valence-corrected chi connectivity index (χ2v) is 10.6. The first-order valence-corrected chi connectivity index (χ1v) is 12.3. The standard InChI is InChI=1S/C24H27ClN8O/c1-16-4-6-26-22(27-16)31-12-24(13-31)14-32(15-24)23-29-28-21-10-30(19-5-7-34-11-19)9-17-8-18(25)2-3-20(17)33(21)23/h2-4,6,8,19H,5,7,9-15H2,1H3/t19-/m1/s1. The van der Waals surface area contributed by atoms with Gasteiger partial charge in [0.25, 0.3) is 0 Å². The van der Waals surface area contributed by atoms with E-state index in [1.807, 2.05) is 25.3 Å². The molecule has 0 N–H and O–H groups in total. The Labute approximate surface area is 203 Å². The van der Waals surface area contributed by atoms with Crippen molar-refractivity contribution in [2.75, 3.05) is 49.2 Å².